The van der Waals surface area contributed by atoms with Crippen molar-refractivity contribution < 1.29 is 22.8 Å². The predicted molar refractivity (Wildman–Crippen MR) is 112 cm³/mol. The first-order valence-electron chi connectivity index (χ1n) is 10.3. The fraction of sp³-hybridized carbons (Fsp3) is 0.417. The molecule has 0 aromatic heterocycles. The van der Waals surface area contributed by atoms with Crippen molar-refractivity contribution in [3.05, 3.63) is 71.3 Å². The SMILES string of the molecule is CC(C)(C)NC(=O)[C@@H]1C[C@H]1N(CCc1ccccc1)C(=O)c1ccc(C(F)(F)F)cc1. The van der Waals surface area contributed by atoms with E-state index in [0.29, 0.717) is 19.4 Å². The van der Waals surface area contributed by atoms with Gasteiger partial charge in [0.2, 0.25) is 5.91 Å². The van der Waals surface area contributed by atoms with E-state index >= 15 is 0 Å². The molecule has 166 valence electrons. The van der Waals surface area contributed by atoms with Crippen LogP contribution in [0.4, 0.5) is 13.2 Å². The molecular weight excluding hydrogens is 405 g/mol. The Morgan fingerprint density at radius 2 is 1.61 bits per heavy atom. The first kappa shape index (κ1) is 22.8. The number of carbonyl (C=O) groups is 2. The molecule has 1 N–H and O–H groups in total. The van der Waals surface area contributed by atoms with Crippen molar-refractivity contribution in [2.45, 2.75) is 51.4 Å². The molecular formula is C24H27F3N2O2. The van der Waals surface area contributed by atoms with Crippen molar-refractivity contribution in [1.29, 1.82) is 0 Å². The molecule has 2 amide bonds. The quantitative estimate of drug-likeness (QED) is 0.720. The van der Waals surface area contributed by atoms with Gasteiger partial charge in [0.05, 0.1) is 11.5 Å². The molecule has 2 aromatic carbocycles. The molecule has 4 nitrogen and oxygen atoms in total. The van der Waals surface area contributed by atoms with Crippen molar-refractivity contribution >= 4 is 11.8 Å². The van der Waals surface area contributed by atoms with Crippen molar-refractivity contribution in [2.24, 2.45) is 5.92 Å². The number of alkyl halides is 3. The molecule has 1 fully saturated rings. The minimum atomic E-state index is -4.46. The van der Waals surface area contributed by atoms with Crippen molar-refractivity contribution in [1.82, 2.24) is 10.2 Å². The number of hydrogen-bond donors (Lipinski definition) is 1. The van der Waals surface area contributed by atoms with Crippen molar-refractivity contribution in [2.75, 3.05) is 6.54 Å². The average molecular weight is 432 g/mol. The lowest BCUT2D eigenvalue weighted by atomic mass is 10.1. The van der Waals surface area contributed by atoms with E-state index in [1.807, 2.05) is 51.1 Å². The Bertz CT molecular complexity index is 919. The highest BCUT2D eigenvalue weighted by Crippen LogP contribution is 2.37. The summed E-state index contributed by atoms with van der Waals surface area (Å²) < 4.78 is 38.6. The summed E-state index contributed by atoms with van der Waals surface area (Å²) in [6.07, 6.45) is -3.32. The van der Waals surface area contributed by atoms with Gasteiger partial charge in [-0.05, 0) is 63.4 Å². The largest absolute Gasteiger partial charge is 0.416 e. The van der Waals surface area contributed by atoms with Crippen LogP contribution >= 0.6 is 0 Å². The maximum Gasteiger partial charge on any atom is 0.416 e. The summed E-state index contributed by atoms with van der Waals surface area (Å²) in [6.45, 7) is 6.06. The zero-order chi connectivity index (χ0) is 22.8. The summed E-state index contributed by atoms with van der Waals surface area (Å²) in [7, 11) is 0. The van der Waals surface area contributed by atoms with Crippen LogP contribution in [0.3, 0.4) is 0 Å². The molecule has 2 atom stereocenters. The molecule has 0 heterocycles. The van der Waals surface area contributed by atoms with Gasteiger partial charge >= 0.3 is 6.18 Å². The highest BCUT2D eigenvalue weighted by molar-refractivity contribution is 5.95. The highest BCUT2D eigenvalue weighted by Gasteiger charge is 2.49. The summed E-state index contributed by atoms with van der Waals surface area (Å²) in [5, 5.41) is 2.94. The van der Waals surface area contributed by atoms with Crippen LogP contribution in [0.25, 0.3) is 0 Å². The standard InChI is InChI=1S/C24H27F3N2O2/c1-23(2,3)28-21(30)19-15-20(19)29(14-13-16-7-5-4-6-8-16)22(31)17-9-11-18(12-10-17)24(25,26)27/h4-12,19-20H,13-15H2,1-3H3,(H,28,30)/t19-,20-/m1/s1. The molecule has 1 aliphatic rings. The smallest absolute Gasteiger partial charge is 0.351 e. The van der Waals surface area contributed by atoms with Crippen LogP contribution in [0.2, 0.25) is 0 Å². The molecule has 0 bridgehead atoms. The van der Waals surface area contributed by atoms with Crippen LogP contribution < -0.4 is 5.32 Å². The molecule has 0 unspecified atom stereocenters. The number of benzene rings is 2. The highest BCUT2D eigenvalue weighted by atomic mass is 19.4. The maximum absolute atomic E-state index is 13.2. The Morgan fingerprint density at radius 1 is 1.00 bits per heavy atom. The van der Waals surface area contributed by atoms with Crippen LogP contribution in [0.15, 0.2) is 54.6 Å². The second kappa shape index (κ2) is 8.73. The Hall–Kier alpha value is -2.83. The van der Waals surface area contributed by atoms with Gasteiger partial charge in [-0.15, -0.1) is 0 Å². The monoisotopic (exact) mass is 432 g/mol. The Balaban J connectivity index is 1.77. The van der Waals surface area contributed by atoms with E-state index in [0.717, 1.165) is 17.7 Å². The molecule has 31 heavy (non-hydrogen) atoms. The summed E-state index contributed by atoms with van der Waals surface area (Å²) >= 11 is 0. The zero-order valence-electron chi connectivity index (χ0n) is 17.9. The van der Waals surface area contributed by atoms with E-state index in [9.17, 15) is 22.8 Å². The predicted octanol–water partition coefficient (Wildman–Crippen LogP) is 4.69. The van der Waals surface area contributed by atoms with E-state index in [1.165, 1.54) is 12.1 Å². The molecule has 0 radical (unpaired) electrons. The maximum atomic E-state index is 13.2. The lowest BCUT2D eigenvalue weighted by molar-refractivity contribution is -0.137. The van der Waals surface area contributed by atoms with E-state index < -0.39 is 11.7 Å². The third-order valence-electron chi connectivity index (χ3n) is 5.20. The molecule has 0 spiro atoms. The van der Waals surface area contributed by atoms with Crippen molar-refractivity contribution in [3.63, 3.8) is 0 Å². The van der Waals surface area contributed by atoms with Crippen LogP contribution in [-0.2, 0) is 17.4 Å². The number of amides is 2. The molecule has 2 aromatic rings. The first-order valence-corrected chi connectivity index (χ1v) is 10.3. The van der Waals surface area contributed by atoms with Gasteiger partial charge in [0.25, 0.3) is 5.91 Å². The summed E-state index contributed by atoms with van der Waals surface area (Å²) in [6, 6.07) is 13.6. The third-order valence-corrected chi connectivity index (χ3v) is 5.20. The fourth-order valence-electron chi connectivity index (χ4n) is 3.55. The molecule has 0 saturated heterocycles. The number of nitrogens with one attached hydrogen (secondary N) is 1. The minimum absolute atomic E-state index is 0.109. The van der Waals surface area contributed by atoms with Gasteiger partial charge in [-0.3, -0.25) is 9.59 Å². The van der Waals surface area contributed by atoms with Gasteiger partial charge in [0.15, 0.2) is 0 Å². The topological polar surface area (TPSA) is 49.4 Å². The average Bonchev–Trinajstić information content (AvgIpc) is 3.48. The van der Waals surface area contributed by atoms with Gasteiger partial charge in [-0.25, -0.2) is 0 Å². The lowest BCUT2D eigenvalue weighted by Gasteiger charge is -2.25. The van der Waals surface area contributed by atoms with E-state index in [4.69, 9.17) is 0 Å². The number of rotatable bonds is 6. The molecule has 7 heteroatoms. The van der Waals surface area contributed by atoms with Gasteiger partial charge < -0.3 is 10.2 Å². The van der Waals surface area contributed by atoms with Crippen LogP contribution in [0, 0.1) is 5.92 Å². The van der Waals surface area contributed by atoms with Gasteiger partial charge in [-0.1, -0.05) is 30.3 Å². The van der Waals surface area contributed by atoms with E-state index in [-0.39, 0.29) is 34.9 Å². The zero-order valence-corrected chi connectivity index (χ0v) is 17.9. The van der Waals surface area contributed by atoms with Crippen molar-refractivity contribution in [3.8, 4) is 0 Å². The molecule has 3 rings (SSSR count). The van der Waals surface area contributed by atoms with E-state index in [1.54, 1.807) is 4.90 Å². The Morgan fingerprint density at radius 3 is 2.16 bits per heavy atom. The molecule has 1 aliphatic carbocycles. The summed E-state index contributed by atoms with van der Waals surface area (Å²) in [5.41, 5.74) is 0.0528. The normalized spacial score (nSPS) is 18.4. The van der Waals surface area contributed by atoms with Gasteiger partial charge in [-0.2, -0.15) is 13.2 Å². The minimum Gasteiger partial charge on any atom is -0.351 e. The molecule has 0 aliphatic heterocycles. The van der Waals surface area contributed by atoms with Crippen LogP contribution in [0.5, 0.6) is 0 Å². The third kappa shape index (κ3) is 6.09. The number of halogens is 3. The Kier molecular flexibility index (Phi) is 6.43. The van der Waals surface area contributed by atoms with Crippen LogP contribution in [-0.4, -0.2) is 34.8 Å². The van der Waals surface area contributed by atoms with Crippen LogP contribution in [0.1, 0.15) is 48.7 Å². The summed E-state index contributed by atoms with van der Waals surface area (Å²) in [4.78, 5) is 27.4. The van der Waals surface area contributed by atoms with Gasteiger partial charge in [0.1, 0.15) is 0 Å². The fourth-order valence-corrected chi connectivity index (χ4v) is 3.55. The van der Waals surface area contributed by atoms with E-state index in [2.05, 4.69) is 5.32 Å². The first-order chi connectivity index (χ1) is 14.5. The summed E-state index contributed by atoms with van der Waals surface area (Å²) in [5.74, 6) is -0.781. The Labute approximate surface area is 180 Å². The second-order valence-electron chi connectivity index (χ2n) is 8.96. The lowest BCUT2D eigenvalue weighted by Crippen LogP contribution is -2.44. The number of hydrogen-bond acceptors (Lipinski definition) is 2. The number of carbonyl (C=O) groups excluding carboxylic acids is 2. The number of nitrogens with zero attached hydrogens (tertiary/aromatic N) is 1. The van der Waals surface area contributed by atoms with Gasteiger partial charge in [0, 0.05) is 23.7 Å². The molecule has 1 saturated carbocycles. The second-order valence-corrected chi connectivity index (χ2v) is 8.96.